The average molecular weight is 213 g/mol. The van der Waals surface area contributed by atoms with Crippen molar-refractivity contribution in [2.75, 3.05) is 0 Å². The Kier molecular flexibility index (Phi) is 2.06. The molecule has 0 spiro atoms. The Bertz CT molecular complexity index is 394. The summed E-state index contributed by atoms with van der Waals surface area (Å²) in [5, 5.41) is 1.08. The summed E-state index contributed by atoms with van der Waals surface area (Å²) in [6, 6.07) is 3.95. The van der Waals surface area contributed by atoms with Crippen LogP contribution in [0.2, 0.25) is 0 Å². The van der Waals surface area contributed by atoms with Crippen LogP contribution in [0.4, 0.5) is 0 Å². The smallest absolute Gasteiger partial charge is 0.0907 e. The highest BCUT2D eigenvalue weighted by molar-refractivity contribution is 7.83. The van der Waals surface area contributed by atoms with E-state index in [2.05, 4.69) is 30.2 Å². The SMILES string of the molecule is Cc1nc2cc(S)c(S)cc2s1. The first-order chi connectivity index (χ1) is 5.66. The Morgan fingerprint density at radius 3 is 2.67 bits per heavy atom. The van der Waals surface area contributed by atoms with Gasteiger partial charge in [-0.2, -0.15) is 0 Å². The lowest BCUT2D eigenvalue weighted by Crippen LogP contribution is -1.72. The molecule has 0 aliphatic rings. The summed E-state index contributed by atoms with van der Waals surface area (Å²) in [6.07, 6.45) is 0. The number of thiazole rings is 1. The third kappa shape index (κ3) is 1.34. The van der Waals surface area contributed by atoms with Crippen molar-refractivity contribution in [2.45, 2.75) is 16.7 Å². The number of nitrogens with zero attached hydrogens (tertiary/aromatic N) is 1. The Morgan fingerprint density at radius 2 is 1.92 bits per heavy atom. The molecule has 2 rings (SSSR count). The van der Waals surface area contributed by atoms with Crippen LogP contribution in [-0.2, 0) is 0 Å². The van der Waals surface area contributed by atoms with E-state index in [4.69, 9.17) is 0 Å². The van der Waals surface area contributed by atoms with Gasteiger partial charge in [-0.25, -0.2) is 4.98 Å². The van der Waals surface area contributed by atoms with Crippen LogP contribution in [-0.4, -0.2) is 4.98 Å². The summed E-state index contributed by atoms with van der Waals surface area (Å²) < 4.78 is 1.18. The topological polar surface area (TPSA) is 12.9 Å². The van der Waals surface area contributed by atoms with Crippen molar-refractivity contribution in [3.05, 3.63) is 17.1 Å². The first-order valence-corrected chi connectivity index (χ1v) is 5.17. The number of fused-ring (bicyclic) bond motifs is 1. The van der Waals surface area contributed by atoms with Gasteiger partial charge < -0.3 is 0 Å². The molecule has 4 heteroatoms. The van der Waals surface area contributed by atoms with Crippen molar-refractivity contribution in [3.63, 3.8) is 0 Å². The predicted octanol–water partition coefficient (Wildman–Crippen LogP) is 3.18. The van der Waals surface area contributed by atoms with Crippen LogP contribution >= 0.6 is 36.6 Å². The molecule has 0 radical (unpaired) electrons. The van der Waals surface area contributed by atoms with Crippen LogP contribution in [0.3, 0.4) is 0 Å². The molecule has 0 saturated carbocycles. The number of thiol groups is 2. The molecule has 0 aliphatic heterocycles. The molecular formula is C8H7NS3. The van der Waals surface area contributed by atoms with Crippen molar-refractivity contribution >= 4 is 46.8 Å². The minimum Gasteiger partial charge on any atom is -0.241 e. The second-order valence-corrected chi connectivity index (χ2v) is 4.74. The fraction of sp³-hybridized carbons (Fsp3) is 0.125. The molecule has 1 nitrogen and oxygen atoms in total. The summed E-state index contributed by atoms with van der Waals surface area (Å²) in [7, 11) is 0. The molecule has 0 aliphatic carbocycles. The van der Waals surface area contributed by atoms with E-state index in [0.717, 1.165) is 20.3 Å². The first-order valence-electron chi connectivity index (χ1n) is 3.46. The maximum atomic E-state index is 4.35. The number of aryl methyl sites for hydroxylation is 1. The summed E-state index contributed by atoms with van der Waals surface area (Å²) in [5.74, 6) is 0. The highest BCUT2D eigenvalue weighted by Crippen LogP contribution is 2.28. The van der Waals surface area contributed by atoms with Gasteiger partial charge in [0.25, 0.3) is 0 Å². The number of aromatic nitrogens is 1. The van der Waals surface area contributed by atoms with E-state index >= 15 is 0 Å². The van der Waals surface area contributed by atoms with Gasteiger partial charge in [0.1, 0.15) is 0 Å². The lowest BCUT2D eigenvalue weighted by atomic mass is 10.3. The van der Waals surface area contributed by atoms with Gasteiger partial charge in [-0.15, -0.1) is 36.6 Å². The van der Waals surface area contributed by atoms with Crippen LogP contribution in [0.15, 0.2) is 21.9 Å². The van der Waals surface area contributed by atoms with E-state index in [0.29, 0.717) is 0 Å². The molecule has 0 fully saturated rings. The molecule has 62 valence electrons. The third-order valence-electron chi connectivity index (χ3n) is 1.59. The lowest BCUT2D eigenvalue weighted by Gasteiger charge is -1.95. The van der Waals surface area contributed by atoms with Gasteiger partial charge in [0.05, 0.1) is 15.2 Å². The van der Waals surface area contributed by atoms with Gasteiger partial charge in [-0.05, 0) is 19.1 Å². The van der Waals surface area contributed by atoms with Crippen molar-refractivity contribution in [1.29, 1.82) is 0 Å². The molecule has 12 heavy (non-hydrogen) atoms. The average Bonchev–Trinajstić information content (AvgIpc) is 2.30. The van der Waals surface area contributed by atoms with Crippen molar-refractivity contribution in [3.8, 4) is 0 Å². The summed E-state index contributed by atoms with van der Waals surface area (Å²) in [4.78, 5) is 6.15. The Labute approximate surface area is 85.6 Å². The Morgan fingerprint density at radius 1 is 1.25 bits per heavy atom. The fourth-order valence-electron chi connectivity index (χ4n) is 1.07. The zero-order valence-electron chi connectivity index (χ0n) is 6.40. The molecule has 0 saturated heterocycles. The van der Waals surface area contributed by atoms with Gasteiger partial charge >= 0.3 is 0 Å². The lowest BCUT2D eigenvalue weighted by molar-refractivity contribution is 1.27. The molecule has 1 aromatic carbocycles. The van der Waals surface area contributed by atoms with Crippen molar-refractivity contribution in [2.24, 2.45) is 0 Å². The highest BCUT2D eigenvalue weighted by atomic mass is 32.1. The zero-order valence-corrected chi connectivity index (χ0v) is 9.01. The predicted molar refractivity (Wildman–Crippen MR) is 58.9 cm³/mol. The third-order valence-corrected chi connectivity index (χ3v) is 3.44. The minimum absolute atomic E-state index is 0.885. The van der Waals surface area contributed by atoms with E-state index < -0.39 is 0 Å². The van der Waals surface area contributed by atoms with Crippen LogP contribution in [0.5, 0.6) is 0 Å². The summed E-state index contributed by atoms with van der Waals surface area (Å²) >= 11 is 10.2. The van der Waals surface area contributed by atoms with Gasteiger partial charge in [-0.1, -0.05) is 0 Å². The van der Waals surface area contributed by atoms with E-state index in [9.17, 15) is 0 Å². The van der Waals surface area contributed by atoms with E-state index in [-0.39, 0.29) is 0 Å². The zero-order chi connectivity index (χ0) is 8.72. The number of hydrogen-bond donors (Lipinski definition) is 2. The largest absolute Gasteiger partial charge is 0.241 e. The summed E-state index contributed by atoms with van der Waals surface area (Å²) in [6.45, 7) is 2.00. The molecule has 0 amide bonds. The minimum atomic E-state index is 0.885. The number of hydrogen-bond acceptors (Lipinski definition) is 4. The second-order valence-electron chi connectivity index (χ2n) is 2.54. The maximum absolute atomic E-state index is 4.35. The molecule has 1 aromatic heterocycles. The standard InChI is InChI=1S/C8H7NS3/c1-4-9-5-2-6(10)7(11)3-8(5)12-4/h2-3,10-11H,1H3. The Hall–Kier alpha value is -0.190. The molecule has 0 N–H and O–H groups in total. The summed E-state index contributed by atoms with van der Waals surface area (Å²) in [5.41, 5.74) is 1.01. The monoisotopic (exact) mass is 213 g/mol. The second kappa shape index (κ2) is 2.94. The molecule has 1 heterocycles. The normalized spacial score (nSPS) is 10.9. The quantitative estimate of drug-likeness (QED) is 0.641. The molecule has 0 atom stereocenters. The van der Waals surface area contributed by atoms with Crippen molar-refractivity contribution < 1.29 is 0 Å². The fourth-order valence-corrected chi connectivity index (χ4v) is 2.38. The maximum Gasteiger partial charge on any atom is 0.0907 e. The highest BCUT2D eigenvalue weighted by Gasteiger charge is 2.02. The van der Waals surface area contributed by atoms with Crippen LogP contribution in [0.25, 0.3) is 10.2 Å². The van der Waals surface area contributed by atoms with Gasteiger partial charge in [0.15, 0.2) is 0 Å². The van der Waals surface area contributed by atoms with E-state index in [1.807, 2.05) is 19.1 Å². The van der Waals surface area contributed by atoms with Crippen LogP contribution in [0, 0.1) is 6.92 Å². The molecular weight excluding hydrogens is 206 g/mol. The van der Waals surface area contributed by atoms with Gasteiger partial charge in [0, 0.05) is 9.79 Å². The first kappa shape index (κ1) is 8.41. The molecule has 0 bridgehead atoms. The van der Waals surface area contributed by atoms with E-state index in [1.54, 1.807) is 11.3 Å². The molecule has 2 aromatic rings. The van der Waals surface area contributed by atoms with Crippen LogP contribution in [0.1, 0.15) is 5.01 Å². The van der Waals surface area contributed by atoms with Crippen LogP contribution < -0.4 is 0 Å². The van der Waals surface area contributed by atoms with Crippen molar-refractivity contribution in [1.82, 2.24) is 4.98 Å². The Balaban J connectivity index is 2.83. The number of rotatable bonds is 0. The van der Waals surface area contributed by atoms with Gasteiger partial charge in [0.2, 0.25) is 0 Å². The van der Waals surface area contributed by atoms with Gasteiger partial charge in [-0.3, -0.25) is 0 Å². The van der Waals surface area contributed by atoms with E-state index in [1.165, 1.54) is 4.70 Å². The molecule has 0 unspecified atom stereocenters. The number of benzene rings is 1.